The van der Waals surface area contributed by atoms with Crippen LogP contribution in [0.3, 0.4) is 0 Å². The van der Waals surface area contributed by atoms with Crippen LogP contribution < -0.4 is 16.0 Å². The standard InChI is InChI=1S/C31H31N5O4/c1-31(2)25-14-22(12-13-23(25)30(39)40-31)34-17-27(36-29(38)21-15-32-19-33-16-21)24-10-6-7-11-26(24)35-28(18-37)20-8-4-3-5-9-20/h3-16,19,27-28,34-35,37H,17-18H2,1-2H3,(H,36,38)/t27?,28-/m1/s1. The van der Waals surface area contributed by atoms with Crippen molar-refractivity contribution in [3.8, 4) is 0 Å². The molecule has 0 saturated carbocycles. The summed E-state index contributed by atoms with van der Waals surface area (Å²) in [5, 5.41) is 20.1. The lowest BCUT2D eigenvalue weighted by atomic mass is 9.95. The second kappa shape index (κ2) is 11.5. The van der Waals surface area contributed by atoms with Gasteiger partial charge in [0.2, 0.25) is 0 Å². The predicted molar refractivity (Wildman–Crippen MR) is 152 cm³/mol. The van der Waals surface area contributed by atoms with E-state index < -0.39 is 11.6 Å². The van der Waals surface area contributed by atoms with Gasteiger partial charge in [-0.2, -0.15) is 0 Å². The Morgan fingerprint density at radius 3 is 2.45 bits per heavy atom. The summed E-state index contributed by atoms with van der Waals surface area (Å²) in [6.07, 6.45) is 4.30. The topological polar surface area (TPSA) is 125 Å². The largest absolute Gasteiger partial charge is 0.451 e. The van der Waals surface area contributed by atoms with Gasteiger partial charge in [-0.3, -0.25) is 4.79 Å². The number of fused-ring (bicyclic) bond motifs is 1. The number of para-hydroxylation sites is 1. The van der Waals surface area contributed by atoms with Crippen LogP contribution in [-0.4, -0.2) is 40.1 Å². The van der Waals surface area contributed by atoms with Gasteiger partial charge in [0.1, 0.15) is 11.9 Å². The second-order valence-corrected chi connectivity index (χ2v) is 10.1. The van der Waals surface area contributed by atoms with Crippen LogP contribution >= 0.6 is 0 Å². The van der Waals surface area contributed by atoms with Crippen molar-refractivity contribution < 1.29 is 19.4 Å². The lowest BCUT2D eigenvalue weighted by Crippen LogP contribution is -2.34. The number of cyclic esters (lactones) is 1. The number of aromatic nitrogens is 2. The molecule has 3 aromatic carbocycles. The van der Waals surface area contributed by atoms with Crippen molar-refractivity contribution in [2.45, 2.75) is 31.5 Å². The van der Waals surface area contributed by atoms with E-state index in [1.54, 1.807) is 6.07 Å². The smallest absolute Gasteiger partial charge is 0.339 e. The fraction of sp³-hybridized carbons (Fsp3) is 0.226. The minimum atomic E-state index is -0.724. The maximum Gasteiger partial charge on any atom is 0.339 e. The Morgan fingerprint density at radius 1 is 0.975 bits per heavy atom. The third kappa shape index (κ3) is 5.79. The lowest BCUT2D eigenvalue weighted by Gasteiger charge is -2.26. The fourth-order valence-corrected chi connectivity index (χ4v) is 4.83. The molecule has 2 atom stereocenters. The molecule has 0 spiro atoms. The van der Waals surface area contributed by atoms with Crippen LogP contribution in [0.4, 0.5) is 11.4 Å². The summed E-state index contributed by atoms with van der Waals surface area (Å²) in [6.45, 7) is 3.94. The van der Waals surface area contributed by atoms with E-state index >= 15 is 0 Å². The quantitative estimate of drug-likeness (QED) is 0.216. The first-order valence-electron chi connectivity index (χ1n) is 13.0. The first-order valence-corrected chi connectivity index (χ1v) is 13.0. The molecule has 0 saturated heterocycles. The summed E-state index contributed by atoms with van der Waals surface area (Å²) in [5.74, 6) is -0.656. The highest BCUT2D eigenvalue weighted by atomic mass is 16.6. The second-order valence-electron chi connectivity index (χ2n) is 10.1. The Kier molecular flexibility index (Phi) is 7.75. The zero-order chi connectivity index (χ0) is 28.1. The van der Waals surface area contributed by atoms with Crippen molar-refractivity contribution in [2.24, 2.45) is 0 Å². The van der Waals surface area contributed by atoms with E-state index in [9.17, 15) is 14.7 Å². The van der Waals surface area contributed by atoms with Crippen molar-refractivity contribution in [3.05, 3.63) is 119 Å². The van der Waals surface area contributed by atoms with Crippen LogP contribution in [-0.2, 0) is 10.3 Å². The molecule has 1 amide bonds. The van der Waals surface area contributed by atoms with Crippen molar-refractivity contribution in [2.75, 3.05) is 23.8 Å². The van der Waals surface area contributed by atoms with Crippen molar-refractivity contribution in [1.82, 2.24) is 15.3 Å². The van der Waals surface area contributed by atoms with Crippen LogP contribution in [0.25, 0.3) is 0 Å². The maximum atomic E-state index is 13.2. The van der Waals surface area contributed by atoms with E-state index in [4.69, 9.17) is 4.74 Å². The lowest BCUT2D eigenvalue weighted by molar-refractivity contribution is 0.00953. The molecule has 0 fully saturated rings. The van der Waals surface area contributed by atoms with E-state index in [2.05, 4.69) is 25.9 Å². The minimum absolute atomic E-state index is 0.110. The van der Waals surface area contributed by atoms with Crippen molar-refractivity contribution in [1.29, 1.82) is 0 Å². The molecule has 0 aliphatic carbocycles. The van der Waals surface area contributed by atoms with E-state index in [-0.39, 0.29) is 24.5 Å². The molecular formula is C31H31N5O4. The van der Waals surface area contributed by atoms with E-state index in [0.717, 1.165) is 28.1 Å². The number of ether oxygens (including phenoxy) is 1. The number of carbonyl (C=O) groups excluding carboxylic acids is 2. The van der Waals surface area contributed by atoms with Gasteiger partial charge in [-0.05, 0) is 49.2 Å². The molecule has 9 nitrogen and oxygen atoms in total. The van der Waals surface area contributed by atoms with Gasteiger partial charge in [-0.1, -0.05) is 48.5 Å². The third-order valence-corrected chi connectivity index (χ3v) is 6.92. The number of benzene rings is 3. The maximum absolute atomic E-state index is 13.2. The average molecular weight is 538 g/mol. The molecule has 40 heavy (non-hydrogen) atoms. The van der Waals surface area contributed by atoms with Crippen LogP contribution in [0.1, 0.15) is 63.3 Å². The number of hydrogen-bond donors (Lipinski definition) is 4. The van der Waals surface area contributed by atoms with Crippen LogP contribution in [0, 0.1) is 0 Å². The highest BCUT2D eigenvalue weighted by Gasteiger charge is 2.37. The summed E-state index contributed by atoms with van der Waals surface area (Å²) in [6, 6.07) is 22.0. The molecule has 5 rings (SSSR count). The van der Waals surface area contributed by atoms with Crippen molar-refractivity contribution >= 4 is 23.3 Å². The molecule has 9 heteroatoms. The van der Waals surface area contributed by atoms with Gasteiger partial charge in [0.25, 0.3) is 5.91 Å². The Labute approximate surface area is 232 Å². The number of esters is 1. The number of aliphatic hydroxyl groups is 1. The van der Waals surface area contributed by atoms with E-state index in [0.29, 0.717) is 17.7 Å². The van der Waals surface area contributed by atoms with Crippen molar-refractivity contribution in [3.63, 3.8) is 0 Å². The van der Waals surface area contributed by atoms with Gasteiger partial charge in [-0.25, -0.2) is 14.8 Å². The zero-order valence-electron chi connectivity index (χ0n) is 22.3. The molecule has 0 bridgehead atoms. The van der Waals surface area contributed by atoms with Gasteiger partial charge < -0.3 is 25.8 Å². The zero-order valence-corrected chi connectivity index (χ0v) is 22.3. The normalized spacial score (nSPS) is 14.9. The number of carbonyl (C=O) groups is 2. The molecule has 4 aromatic rings. The first-order chi connectivity index (χ1) is 19.4. The molecule has 2 heterocycles. The monoisotopic (exact) mass is 537 g/mol. The fourth-order valence-electron chi connectivity index (χ4n) is 4.83. The number of aliphatic hydroxyl groups excluding tert-OH is 1. The predicted octanol–water partition coefficient (Wildman–Crippen LogP) is 4.61. The number of nitrogens with one attached hydrogen (secondary N) is 3. The number of rotatable bonds is 10. The minimum Gasteiger partial charge on any atom is -0.451 e. The third-order valence-electron chi connectivity index (χ3n) is 6.92. The molecule has 1 aliphatic heterocycles. The summed E-state index contributed by atoms with van der Waals surface area (Å²) < 4.78 is 5.51. The van der Waals surface area contributed by atoms with Crippen LogP contribution in [0.15, 0.2) is 91.5 Å². The Hall–Kier alpha value is -4.76. The molecular weight excluding hydrogens is 506 g/mol. The van der Waals surface area contributed by atoms with Gasteiger partial charge in [0, 0.05) is 35.9 Å². The highest BCUT2D eigenvalue weighted by Crippen LogP contribution is 2.37. The first kappa shape index (κ1) is 26.8. The van der Waals surface area contributed by atoms with Gasteiger partial charge in [0.15, 0.2) is 0 Å². The molecule has 0 radical (unpaired) electrons. The van der Waals surface area contributed by atoms with Crippen LogP contribution in [0.5, 0.6) is 0 Å². The van der Waals surface area contributed by atoms with Gasteiger partial charge >= 0.3 is 5.97 Å². The summed E-state index contributed by atoms with van der Waals surface area (Å²) in [4.78, 5) is 33.4. The summed E-state index contributed by atoms with van der Waals surface area (Å²) >= 11 is 0. The number of hydrogen-bond acceptors (Lipinski definition) is 8. The number of amides is 1. The molecule has 1 unspecified atom stereocenters. The molecule has 204 valence electrons. The Balaban J connectivity index is 1.44. The van der Waals surface area contributed by atoms with E-state index in [1.165, 1.54) is 18.7 Å². The molecule has 1 aromatic heterocycles. The SMILES string of the molecule is CC1(C)OC(=O)c2ccc(NCC(NC(=O)c3cncnc3)c3ccccc3N[C@H](CO)c3ccccc3)cc21. The number of nitrogens with zero attached hydrogens (tertiary/aromatic N) is 2. The summed E-state index contributed by atoms with van der Waals surface area (Å²) in [7, 11) is 0. The summed E-state index contributed by atoms with van der Waals surface area (Å²) in [5.41, 5.74) is 4.30. The Bertz CT molecular complexity index is 1490. The van der Waals surface area contributed by atoms with Gasteiger partial charge in [0.05, 0.1) is 29.8 Å². The Morgan fingerprint density at radius 2 is 1.70 bits per heavy atom. The highest BCUT2D eigenvalue weighted by molar-refractivity contribution is 5.95. The molecule has 1 aliphatic rings. The van der Waals surface area contributed by atoms with Crippen LogP contribution in [0.2, 0.25) is 0 Å². The number of anilines is 2. The average Bonchev–Trinajstić information content (AvgIpc) is 3.22. The van der Waals surface area contributed by atoms with E-state index in [1.807, 2.05) is 80.6 Å². The van der Waals surface area contributed by atoms with Gasteiger partial charge in [-0.15, -0.1) is 0 Å². The molecule has 4 N–H and O–H groups in total.